The molecule has 0 spiro atoms. The Morgan fingerprint density at radius 3 is 2.31 bits per heavy atom. The van der Waals surface area contributed by atoms with E-state index in [0.29, 0.717) is 32.7 Å². The number of nitrogens with zero attached hydrogens (tertiary/aromatic N) is 5. The van der Waals surface area contributed by atoms with Crippen LogP contribution in [0.25, 0.3) is 0 Å². The number of pyridine rings is 1. The van der Waals surface area contributed by atoms with Gasteiger partial charge in [-0.15, -0.1) is 0 Å². The number of carbonyl (C=O) groups excluding carboxylic acids is 4. The number of nitrogens with one attached hydrogen (secondary N) is 1. The highest BCUT2D eigenvalue weighted by atomic mass is 19.4. The van der Waals surface area contributed by atoms with Crippen LogP contribution in [0, 0.1) is 0 Å². The molecule has 0 saturated carbocycles. The summed E-state index contributed by atoms with van der Waals surface area (Å²) in [5.74, 6) is -1.47. The highest BCUT2D eigenvalue weighted by Crippen LogP contribution is 2.30. The van der Waals surface area contributed by atoms with Crippen molar-refractivity contribution in [3.63, 3.8) is 0 Å². The van der Waals surface area contributed by atoms with Crippen molar-refractivity contribution in [3.8, 4) is 0 Å². The number of hydrogen-bond donors (Lipinski definition) is 1. The number of benzene rings is 1. The van der Waals surface area contributed by atoms with E-state index in [1.54, 1.807) is 29.2 Å². The quantitative estimate of drug-likeness (QED) is 0.637. The number of anilines is 1. The lowest BCUT2D eigenvalue weighted by Gasteiger charge is -2.35. The standard InChI is InChI=1S/C23H21F3N6O4/c24-23(25,26)17-2-1-3-18(27-17)30-10-8-29(9-11-30)13-14-4-5-15-16(12-14)21(35)32(20(15)34)31-7-6-19(33)28-22(31)36/h1-5,12H,6-11,13H2,(H,28,33,36). The zero-order valence-corrected chi connectivity index (χ0v) is 18.9. The molecule has 0 bridgehead atoms. The van der Waals surface area contributed by atoms with Crippen LogP contribution in [0.3, 0.4) is 0 Å². The molecule has 36 heavy (non-hydrogen) atoms. The van der Waals surface area contributed by atoms with Crippen LogP contribution < -0.4 is 10.2 Å². The first kappa shape index (κ1) is 23.7. The molecular formula is C23H21F3N6O4. The smallest absolute Gasteiger partial charge is 0.354 e. The molecule has 0 radical (unpaired) electrons. The minimum atomic E-state index is -4.50. The van der Waals surface area contributed by atoms with E-state index in [9.17, 15) is 32.3 Å². The van der Waals surface area contributed by atoms with Gasteiger partial charge < -0.3 is 4.90 Å². The highest BCUT2D eigenvalue weighted by molar-refractivity contribution is 6.22. The molecule has 3 aliphatic rings. The Bertz CT molecular complexity index is 1260. The molecule has 0 aliphatic carbocycles. The molecule has 1 N–H and O–H groups in total. The number of halogens is 3. The summed E-state index contributed by atoms with van der Waals surface area (Å²) in [6, 6.07) is 7.90. The van der Waals surface area contributed by atoms with Crippen molar-refractivity contribution in [2.75, 3.05) is 37.6 Å². The molecule has 3 aliphatic heterocycles. The Morgan fingerprint density at radius 1 is 0.889 bits per heavy atom. The van der Waals surface area contributed by atoms with Crippen LogP contribution >= 0.6 is 0 Å². The van der Waals surface area contributed by atoms with Crippen LogP contribution in [-0.2, 0) is 17.5 Å². The first-order valence-corrected chi connectivity index (χ1v) is 11.3. The first-order chi connectivity index (χ1) is 17.1. The number of aromatic nitrogens is 1. The van der Waals surface area contributed by atoms with Gasteiger partial charge in [0.05, 0.1) is 17.7 Å². The minimum absolute atomic E-state index is 0.0214. The summed E-state index contributed by atoms with van der Waals surface area (Å²) < 4.78 is 38.9. The number of imide groups is 2. The fourth-order valence-corrected chi connectivity index (χ4v) is 4.49. The summed E-state index contributed by atoms with van der Waals surface area (Å²) in [7, 11) is 0. The third kappa shape index (κ3) is 4.37. The summed E-state index contributed by atoms with van der Waals surface area (Å²) in [4.78, 5) is 56.9. The molecule has 13 heteroatoms. The molecule has 10 nitrogen and oxygen atoms in total. The largest absolute Gasteiger partial charge is 0.433 e. The molecule has 2 aromatic rings. The number of urea groups is 1. The summed E-state index contributed by atoms with van der Waals surface area (Å²) >= 11 is 0. The maximum Gasteiger partial charge on any atom is 0.433 e. The van der Waals surface area contributed by atoms with Crippen molar-refractivity contribution in [1.29, 1.82) is 0 Å². The van der Waals surface area contributed by atoms with Crippen molar-refractivity contribution < 1.29 is 32.3 Å². The Labute approximate surface area is 203 Å². The second-order valence-electron chi connectivity index (χ2n) is 8.67. The predicted octanol–water partition coefficient (Wildman–Crippen LogP) is 1.88. The average Bonchev–Trinajstić information content (AvgIpc) is 3.09. The van der Waals surface area contributed by atoms with Gasteiger partial charge in [-0.25, -0.2) is 14.8 Å². The number of fused-ring (bicyclic) bond motifs is 1. The van der Waals surface area contributed by atoms with Gasteiger partial charge in [-0.2, -0.15) is 18.2 Å². The molecule has 0 atom stereocenters. The van der Waals surface area contributed by atoms with E-state index in [0.717, 1.165) is 21.6 Å². The molecule has 5 amide bonds. The van der Waals surface area contributed by atoms with Crippen molar-refractivity contribution in [3.05, 3.63) is 58.8 Å². The normalized spacial score (nSPS) is 19.1. The van der Waals surface area contributed by atoms with Gasteiger partial charge in [-0.05, 0) is 29.8 Å². The third-order valence-electron chi connectivity index (χ3n) is 6.33. The fourth-order valence-electron chi connectivity index (χ4n) is 4.49. The lowest BCUT2D eigenvalue weighted by molar-refractivity contribution is -0.141. The van der Waals surface area contributed by atoms with Gasteiger partial charge in [-0.1, -0.05) is 12.1 Å². The van der Waals surface area contributed by atoms with Crippen molar-refractivity contribution >= 4 is 29.6 Å². The van der Waals surface area contributed by atoms with E-state index >= 15 is 0 Å². The minimum Gasteiger partial charge on any atom is -0.354 e. The van der Waals surface area contributed by atoms with Crippen LogP contribution in [0.5, 0.6) is 0 Å². The summed E-state index contributed by atoms with van der Waals surface area (Å²) in [5, 5.41) is 3.79. The summed E-state index contributed by atoms with van der Waals surface area (Å²) in [6.45, 7) is 2.48. The fraction of sp³-hybridized carbons (Fsp3) is 0.348. The number of hydrazine groups is 1. The molecule has 2 saturated heterocycles. The van der Waals surface area contributed by atoms with E-state index < -0.39 is 35.6 Å². The molecule has 4 heterocycles. The maximum atomic E-state index is 13.0. The maximum absolute atomic E-state index is 13.0. The summed E-state index contributed by atoms with van der Waals surface area (Å²) in [6.07, 6.45) is -4.53. The molecular weight excluding hydrogens is 481 g/mol. The van der Waals surface area contributed by atoms with Gasteiger partial charge in [0.1, 0.15) is 11.5 Å². The average molecular weight is 502 g/mol. The Balaban J connectivity index is 1.24. The van der Waals surface area contributed by atoms with E-state index in [1.807, 2.05) is 0 Å². The van der Waals surface area contributed by atoms with Crippen LogP contribution in [-0.4, -0.2) is 76.4 Å². The number of alkyl halides is 3. The van der Waals surface area contributed by atoms with E-state index in [2.05, 4.69) is 15.2 Å². The molecule has 1 aromatic heterocycles. The third-order valence-corrected chi connectivity index (χ3v) is 6.33. The summed E-state index contributed by atoms with van der Waals surface area (Å²) in [5.41, 5.74) is 0.200. The number of hydrogen-bond acceptors (Lipinski definition) is 7. The van der Waals surface area contributed by atoms with Crippen LogP contribution in [0.1, 0.15) is 38.4 Å². The van der Waals surface area contributed by atoms with Crippen LogP contribution in [0.15, 0.2) is 36.4 Å². The Kier molecular flexibility index (Phi) is 5.86. The molecule has 5 rings (SSSR count). The Hall–Kier alpha value is -4.00. The van der Waals surface area contributed by atoms with Gasteiger partial charge in [0.25, 0.3) is 11.8 Å². The SMILES string of the molecule is O=C1CCN(N2C(=O)c3ccc(CN4CCN(c5cccc(C(F)(F)F)n5)CC4)cc3C2=O)C(=O)N1. The predicted molar refractivity (Wildman–Crippen MR) is 119 cm³/mol. The van der Waals surface area contributed by atoms with Gasteiger partial charge in [0.2, 0.25) is 5.91 Å². The molecule has 0 unspecified atom stereocenters. The van der Waals surface area contributed by atoms with Crippen molar-refractivity contribution in [2.45, 2.75) is 19.1 Å². The van der Waals surface area contributed by atoms with Crippen LogP contribution in [0.4, 0.5) is 23.8 Å². The lowest BCUT2D eigenvalue weighted by atomic mass is 10.1. The van der Waals surface area contributed by atoms with Gasteiger partial charge in [0.15, 0.2) is 0 Å². The number of carbonyl (C=O) groups is 4. The van der Waals surface area contributed by atoms with Gasteiger partial charge in [-0.3, -0.25) is 24.6 Å². The van der Waals surface area contributed by atoms with E-state index in [4.69, 9.17) is 0 Å². The van der Waals surface area contributed by atoms with E-state index in [1.165, 1.54) is 6.07 Å². The second-order valence-corrected chi connectivity index (χ2v) is 8.67. The number of piperazine rings is 1. The Morgan fingerprint density at radius 2 is 1.61 bits per heavy atom. The topological polar surface area (TPSA) is 106 Å². The number of rotatable bonds is 4. The van der Waals surface area contributed by atoms with E-state index in [-0.39, 0.29) is 29.9 Å². The zero-order valence-electron chi connectivity index (χ0n) is 18.9. The molecule has 2 fully saturated rings. The van der Waals surface area contributed by atoms with Crippen molar-refractivity contribution in [1.82, 2.24) is 25.2 Å². The second kappa shape index (κ2) is 8.90. The molecule has 188 valence electrons. The number of amides is 5. The van der Waals surface area contributed by atoms with Gasteiger partial charge in [0, 0.05) is 39.1 Å². The molecule has 1 aromatic carbocycles. The van der Waals surface area contributed by atoms with Crippen molar-refractivity contribution in [2.24, 2.45) is 0 Å². The monoisotopic (exact) mass is 502 g/mol. The van der Waals surface area contributed by atoms with Crippen LogP contribution in [0.2, 0.25) is 0 Å². The lowest BCUT2D eigenvalue weighted by Crippen LogP contribution is -2.58. The highest BCUT2D eigenvalue weighted by Gasteiger charge is 2.43. The zero-order chi connectivity index (χ0) is 25.6. The van der Waals surface area contributed by atoms with Gasteiger partial charge >= 0.3 is 12.2 Å². The first-order valence-electron chi connectivity index (χ1n) is 11.3.